The number of ether oxygens (including phenoxy) is 1. The molecule has 8 heterocycles. The molecule has 91 heavy (non-hydrogen) atoms. The number of carbonyl (C=O) groups excluding carboxylic acids is 3. The van der Waals surface area contributed by atoms with E-state index in [0.29, 0.717) is 42.4 Å². The average molecular weight is 1420 g/mol. The minimum Gasteiger partial charge on any atom is -0.572 e. The van der Waals surface area contributed by atoms with Gasteiger partial charge in [0.25, 0.3) is 0 Å². The van der Waals surface area contributed by atoms with Gasteiger partial charge in [0.2, 0.25) is 11.6 Å². The number of aromatic nitrogens is 14. The smallest absolute Gasteiger partial charge is 0.572 e. The quantitative estimate of drug-likeness (QED) is 0.0495. The Kier molecular flexibility index (Phi) is 27.8. The number of fused-ring (bicyclic) bond motifs is 3. The van der Waals surface area contributed by atoms with E-state index in [1.54, 1.807) is 24.8 Å². The summed E-state index contributed by atoms with van der Waals surface area (Å²) in [5, 5.41) is 17.1. The van der Waals surface area contributed by atoms with E-state index in [0.717, 1.165) is 141 Å². The van der Waals surface area contributed by atoms with Crippen molar-refractivity contribution < 1.29 is 40.2 Å². The zero-order valence-corrected chi connectivity index (χ0v) is 57.7. The second kappa shape index (κ2) is 35.5. The molecule has 0 saturated heterocycles. The van der Waals surface area contributed by atoms with E-state index in [-0.39, 0.29) is 44.3 Å². The molecule has 4 aliphatic carbocycles. The van der Waals surface area contributed by atoms with Crippen molar-refractivity contribution in [1.29, 1.82) is 0 Å². The number of ketones is 2. The monoisotopic (exact) mass is 1410 g/mol. The summed E-state index contributed by atoms with van der Waals surface area (Å²) in [6.07, 6.45) is 40.3. The predicted molar refractivity (Wildman–Crippen MR) is 350 cm³/mol. The van der Waals surface area contributed by atoms with E-state index in [9.17, 15) is 14.4 Å². The third kappa shape index (κ3) is 21.1. The van der Waals surface area contributed by atoms with Crippen LogP contribution in [0.15, 0.2) is 72.5 Å². The Morgan fingerprint density at radius 1 is 0.451 bits per heavy atom. The van der Waals surface area contributed by atoms with Gasteiger partial charge in [0.15, 0.2) is 11.6 Å². The van der Waals surface area contributed by atoms with Crippen molar-refractivity contribution in [1.82, 2.24) is 70.2 Å². The van der Waals surface area contributed by atoms with E-state index in [1.807, 2.05) is 37.2 Å². The second-order valence-corrected chi connectivity index (χ2v) is 26.5. The average Bonchev–Trinajstić information content (AvgIpc) is 1.89. The molecule has 486 valence electrons. The molecule has 7 aromatic heterocycles. The van der Waals surface area contributed by atoms with Crippen molar-refractivity contribution in [2.75, 3.05) is 13.7 Å². The molecule has 0 N–H and O–H groups in total. The van der Waals surface area contributed by atoms with Gasteiger partial charge in [0.1, 0.15) is 17.4 Å². The molecular formula is C71H93N15O4Pt. The van der Waals surface area contributed by atoms with Crippen molar-refractivity contribution in [3.63, 3.8) is 0 Å². The Morgan fingerprint density at radius 2 is 0.813 bits per heavy atom. The molecule has 2 saturated carbocycles. The molecule has 12 rings (SSSR count). The molecule has 1 aliphatic heterocycles. The normalized spacial score (nSPS) is 15.8. The van der Waals surface area contributed by atoms with Gasteiger partial charge in [0.05, 0.1) is 19.6 Å². The molecule has 0 aromatic carbocycles. The van der Waals surface area contributed by atoms with Crippen LogP contribution in [0.4, 0.5) is 0 Å². The zero-order valence-electron chi connectivity index (χ0n) is 55.5. The van der Waals surface area contributed by atoms with Crippen LogP contribution in [0.2, 0.25) is 0 Å². The van der Waals surface area contributed by atoms with Crippen molar-refractivity contribution in [2.45, 2.75) is 204 Å². The first-order chi connectivity index (χ1) is 43.4. The summed E-state index contributed by atoms with van der Waals surface area (Å²) in [6.45, 7) is 22.5. The van der Waals surface area contributed by atoms with E-state index < -0.39 is 11.9 Å². The summed E-state index contributed by atoms with van der Waals surface area (Å²) in [5.74, 6) is 4.46. The summed E-state index contributed by atoms with van der Waals surface area (Å²) in [5.41, 5.74) is 16.3. The summed E-state index contributed by atoms with van der Waals surface area (Å²) in [7, 11) is 1.31. The molecule has 2 fully saturated rings. The zero-order chi connectivity index (χ0) is 64.1. The summed E-state index contributed by atoms with van der Waals surface area (Å²) in [4.78, 5) is 82.7. The van der Waals surface area contributed by atoms with Crippen LogP contribution in [0.5, 0.6) is 0 Å². The minimum absolute atomic E-state index is 0. The molecule has 0 radical (unpaired) electrons. The SMILES string of the molecule is CC(C)Cc1cnc(-c2[n-]nc3c2CCCC3)nc1.CC(C)Cc1cnc(-c2[n-]nc3c2CCCC3)nc1.CC(C)Cc1cnc(C(=O)C2CCCCC2=O)nc1.CC(C)Cc1cnc(C2=C3CCCCC3=NC2)nc1.COC(=O)c1ncc(CC(C)C)cn1.[Pt+2]. The van der Waals surface area contributed by atoms with Gasteiger partial charge in [-0.25, -0.2) is 54.6 Å². The Morgan fingerprint density at radius 3 is 1.22 bits per heavy atom. The van der Waals surface area contributed by atoms with Crippen molar-refractivity contribution in [3.8, 4) is 23.0 Å². The second-order valence-electron chi connectivity index (χ2n) is 26.5. The largest absolute Gasteiger partial charge is 2.00 e. The maximum absolute atomic E-state index is 12.2. The van der Waals surface area contributed by atoms with E-state index in [1.165, 1.54) is 90.3 Å². The molecule has 5 aliphatic rings. The molecule has 19 nitrogen and oxygen atoms in total. The van der Waals surface area contributed by atoms with E-state index >= 15 is 0 Å². The van der Waals surface area contributed by atoms with Gasteiger partial charge in [-0.2, -0.15) is 0 Å². The number of Topliss-reactive ketones (excluding diaryl/α,β-unsaturated/α-hetero) is 2. The van der Waals surface area contributed by atoms with Crippen LogP contribution in [-0.4, -0.2) is 96.9 Å². The number of carbonyl (C=O) groups is 3. The van der Waals surface area contributed by atoms with Crippen molar-refractivity contribution >= 4 is 28.8 Å². The molecular weight excluding hydrogens is 1320 g/mol. The van der Waals surface area contributed by atoms with Gasteiger partial charge in [-0.05, 0) is 196 Å². The number of hydrogen-bond donors (Lipinski definition) is 0. The van der Waals surface area contributed by atoms with Crippen LogP contribution >= 0.6 is 0 Å². The van der Waals surface area contributed by atoms with Gasteiger partial charge in [-0.15, -0.1) is 0 Å². The van der Waals surface area contributed by atoms with Gasteiger partial charge >= 0.3 is 27.0 Å². The van der Waals surface area contributed by atoms with Gasteiger partial charge in [-0.3, -0.25) is 14.6 Å². The summed E-state index contributed by atoms with van der Waals surface area (Å²) < 4.78 is 4.49. The Bertz CT molecular complexity index is 3380. The molecule has 0 bridgehead atoms. The molecule has 1 atom stereocenters. The number of esters is 1. The summed E-state index contributed by atoms with van der Waals surface area (Å²) >= 11 is 0. The maximum Gasteiger partial charge on any atom is 2.00 e. The van der Waals surface area contributed by atoms with Gasteiger partial charge in [-0.1, -0.05) is 87.0 Å². The van der Waals surface area contributed by atoms with Crippen LogP contribution in [0.1, 0.15) is 224 Å². The number of methoxy groups -OCH3 is 1. The third-order valence-electron chi connectivity index (χ3n) is 16.1. The molecule has 0 spiro atoms. The van der Waals surface area contributed by atoms with E-state index in [4.69, 9.17) is 0 Å². The van der Waals surface area contributed by atoms with Gasteiger partial charge in [0, 0.05) is 91.1 Å². The van der Waals surface area contributed by atoms with Crippen LogP contribution in [0.25, 0.3) is 28.6 Å². The first kappa shape index (κ1) is 71.2. The fourth-order valence-corrected chi connectivity index (χ4v) is 11.9. The number of hydrogen-bond acceptors (Lipinski definition) is 17. The predicted octanol–water partition coefficient (Wildman–Crippen LogP) is 12.7. The molecule has 20 heteroatoms. The topological polar surface area (TPSA) is 256 Å². The first-order valence-electron chi connectivity index (χ1n) is 32.9. The van der Waals surface area contributed by atoms with E-state index in [2.05, 4.69) is 149 Å². The Labute approximate surface area is 552 Å². The molecule has 0 amide bonds. The summed E-state index contributed by atoms with van der Waals surface area (Å²) in [6, 6.07) is 0. The maximum atomic E-state index is 12.2. The molecule has 1 unspecified atom stereocenters. The van der Waals surface area contributed by atoms with Crippen LogP contribution in [0, 0.1) is 35.5 Å². The number of nitrogens with zero attached hydrogens (tertiary/aromatic N) is 15. The number of aliphatic imine (C=N–C) groups is 1. The fraction of sp³-hybridized carbons (Fsp3) is 0.549. The number of aryl methyl sites for hydroxylation is 2. The standard InChI is InChI=1S/C16H21N3.2C15H19N4.C15H20N2O2.C10H14N2O2.Pt/c1-11(2)7-12-8-18-16(19-9-12)14-10-17-15-6-4-3-5-13(14)15;2*1-10(2)7-11-8-16-15(17-9-11)14-12-5-3-4-6-13(12)18-19-14;1-10(2)7-11-8-16-15(17-9-11)14(19)12-5-3-4-6-13(12)18;1-7(2)4-8-5-11-9(12-6-8)10(13)14-3;/h8-9,11H,3-7,10H2,1-2H3;2*8-10H,3-7H2,1-2H3;8-10,12H,3-7H2,1-2H3;5-7H,4H2,1-3H3;/q;2*-1;;;+2. The number of allylic oxidation sites excluding steroid dienone is 1. The van der Waals surface area contributed by atoms with Crippen LogP contribution in [-0.2, 0) is 88.4 Å². The third-order valence-corrected chi connectivity index (χ3v) is 16.1. The number of rotatable bonds is 16. The van der Waals surface area contributed by atoms with Crippen LogP contribution < -0.4 is 10.2 Å². The minimum atomic E-state index is -0.510. The van der Waals surface area contributed by atoms with Crippen LogP contribution in [0.3, 0.4) is 0 Å². The Hall–Kier alpha value is -7.27. The molecule has 7 aromatic rings. The van der Waals surface area contributed by atoms with Gasteiger partial charge < -0.3 is 25.1 Å². The van der Waals surface area contributed by atoms with Crippen molar-refractivity contribution in [2.24, 2.45) is 40.5 Å². The Balaban J connectivity index is 0.000000162. The van der Waals surface area contributed by atoms with Crippen molar-refractivity contribution in [3.05, 3.63) is 135 Å². The first-order valence-corrected chi connectivity index (χ1v) is 32.9. The fourth-order valence-electron chi connectivity index (χ4n) is 11.9.